The zero-order valence-corrected chi connectivity index (χ0v) is 6.44. The highest BCUT2D eigenvalue weighted by Crippen LogP contribution is 2.18. The molecule has 0 aromatic carbocycles. The average molecular weight is 202 g/mol. The molecule has 0 aliphatic rings. The number of urea groups is 1. The Morgan fingerprint density at radius 2 is 2.08 bits per heavy atom. The van der Waals surface area contributed by atoms with E-state index in [1.807, 2.05) is 0 Å². The molecule has 0 saturated heterocycles. The first kappa shape index (κ1) is 11.9. The van der Waals surface area contributed by atoms with Gasteiger partial charge in [0.1, 0.15) is 0 Å². The van der Waals surface area contributed by atoms with Crippen LogP contribution in [0.3, 0.4) is 0 Å². The molecule has 5 N–H and O–H groups in total. The number of halogens is 3. The van der Waals surface area contributed by atoms with Gasteiger partial charge in [-0.2, -0.15) is 13.2 Å². The summed E-state index contributed by atoms with van der Waals surface area (Å²) in [6, 6.07) is -0.827. The van der Waals surface area contributed by atoms with Gasteiger partial charge in [-0.05, 0) is 0 Å². The maximum absolute atomic E-state index is 11.5. The van der Waals surface area contributed by atoms with Gasteiger partial charge in [-0.3, -0.25) is 10.3 Å². The summed E-state index contributed by atoms with van der Waals surface area (Å²) in [4.78, 5) is 14.4. The average Bonchev–Trinajstić information content (AvgIpc) is 2.01. The van der Waals surface area contributed by atoms with Crippen molar-refractivity contribution in [3.63, 3.8) is 0 Å². The van der Waals surface area contributed by atoms with Gasteiger partial charge < -0.3 is 0 Å². The summed E-state index contributed by atoms with van der Waals surface area (Å²) in [6.07, 6.45) is -5.39. The summed E-state index contributed by atoms with van der Waals surface area (Å²) < 4.78 is 34.4. The number of rotatable bonds is 4. The first-order chi connectivity index (χ1) is 5.95. The second kappa shape index (κ2) is 5.56. The lowest BCUT2D eigenvalue weighted by atomic mass is 10.5. The summed E-state index contributed by atoms with van der Waals surface area (Å²) in [5.41, 5.74) is 5.23. The Morgan fingerprint density at radius 3 is 2.54 bits per heavy atom. The van der Waals surface area contributed by atoms with Crippen LogP contribution in [-0.4, -0.2) is 18.8 Å². The molecule has 0 aromatic rings. The highest BCUT2D eigenvalue weighted by Gasteiger charge is 2.26. The van der Waals surface area contributed by atoms with Gasteiger partial charge >= 0.3 is 12.2 Å². The van der Waals surface area contributed by atoms with Crippen molar-refractivity contribution >= 4 is 6.03 Å². The number of carbonyl (C=O) groups excluding carboxylic acids is 1. The minimum absolute atomic E-state index is 0.603. The van der Waals surface area contributed by atoms with Crippen molar-refractivity contribution < 1.29 is 22.8 Å². The van der Waals surface area contributed by atoms with Gasteiger partial charge in [0.25, 0.3) is 0 Å². The van der Waals surface area contributed by atoms with Crippen molar-refractivity contribution in [1.82, 2.24) is 16.4 Å². The lowest BCUT2D eigenvalue weighted by molar-refractivity contribution is -0.152. The molecule has 0 saturated carbocycles. The zero-order chi connectivity index (χ0) is 10.3. The van der Waals surface area contributed by atoms with Crippen molar-refractivity contribution in [2.45, 2.75) is 12.6 Å². The lowest BCUT2D eigenvalue weighted by Gasteiger charge is -2.08. The topological polar surface area (TPSA) is 88.4 Å². The summed E-state index contributed by atoms with van der Waals surface area (Å²) >= 11 is 0. The molecule has 0 unspecified atom stereocenters. The maximum Gasteiger partial charge on any atom is 0.391 e. The molecule has 78 valence electrons. The molecule has 0 spiro atoms. The Bertz CT molecular complexity index is 162. The fraction of sp³-hybridized carbons (Fsp3) is 0.750. The Balaban J connectivity index is 3.22. The van der Waals surface area contributed by atoms with Gasteiger partial charge in [-0.25, -0.2) is 16.1 Å². The summed E-state index contributed by atoms with van der Waals surface area (Å²) in [6.45, 7) is -0.603. The van der Waals surface area contributed by atoms with E-state index in [1.54, 1.807) is 16.4 Å². The number of nitrogens with two attached hydrogens (primary N) is 1. The second-order valence-corrected chi connectivity index (χ2v) is 1.91. The van der Waals surface area contributed by atoms with Crippen LogP contribution in [-0.2, 0) is 4.84 Å². The molecule has 0 radical (unpaired) electrons. The van der Waals surface area contributed by atoms with E-state index in [1.165, 1.54) is 0 Å². The van der Waals surface area contributed by atoms with Crippen LogP contribution in [0.2, 0.25) is 0 Å². The SMILES string of the molecule is NNC(=O)NNOCCC(F)(F)F. The summed E-state index contributed by atoms with van der Waals surface area (Å²) in [5.74, 6) is 4.62. The van der Waals surface area contributed by atoms with Gasteiger partial charge in [0.05, 0.1) is 13.0 Å². The van der Waals surface area contributed by atoms with Crippen LogP contribution in [0, 0.1) is 0 Å². The number of alkyl halides is 3. The molecule has 0 aromatic heterocycles. The molecule has 2 amide bonds. The van der Waals surface area contributed by atoms with Gasteiger partial charge in [0, 0.05) is 0 Å². The van der Waals surface area contributed by atoms with E-state index in [-0.39, 0.29) is 0 Å². The minimum atomic E-state index is -4.28. The number of hydrogen-bond donors (Lipinski definition) is 4. The van der Waals surface area contributed by atoms with Crippen molar-refractivity contribution in [2.24, 2.45) is 5.84 Å². The summed E-state index contributed by atoms with van der Waals surface area (Å²) in [7, 11) is 0. The van der Waals surface area contributed by atoms with Crippen molar-refractivity contribution in [3.8, 4) is 0 Å². The molecule has 0 rings (SSSR count). The number of amides is 2. The highest BCUT2D eigenvalue weighted by atomic mass is 19.4. The number of hydrogen-bond acceptors (Lipinski definition) is 4. The van der Waals surface area contributed by atoms with Gasteiger partial charge in [0.2, 0.25) is 0 Å². The standard InChI is InChI=1S/C4H9F3N4O2/c5-4(6,7)1-2-13-11-10-3(12)9-8/h11H,1-2,8H2,(H2,9,10,12). The molecule has 0 aliphatic heterocycles. The molecule has 9 heteroatoms. The van der Waals surface area contributed by atoms with Gasteiger partial charge in [-0.1, -0.05) is 0 Å². The first-order valence-corrected chi connectivity index (χ1v) is 3.16. The van der Waals surface area contributed by atoms with Crippen molar-refractivity contribution in [2.75, 3.05) is 6.61 Å². The molecule has 0 aliphatic carbocycles. The van der Waals surface area contributed by atoms with E-state index in [4.69, 9.17) is 0 Å². The van der Waals surface area contributed by atoms with E-state index in [2.05, 4.69) is 10.7 Å². The lowest BCUT2D eigenvalue weighted by Crippen LogP contribution is -2.47. The van der Waals surface area contributed by atoms with Crippen molar-refractivity contribution in [1.29, 1.82) is 0 Å². The fourth-order valence-electron chi connectivity index (χ4n) is 0.336. The quantitative estimate of drug-likeness (QED) is 0.215. The molecule has 13 heavy (non-hydrogen) atoms. The van der Waals surface area contributed by atoms with E-state index >= 15 is 0 Å². The Morgan fingerprint density at radius 1 is 1.46 bits per heavy atom. The molecule has 0 bridgehead atoms. The van der Waals surface area contributed by atoms with Crippen LogP contribution in [0.5, 0.6) is 0 Å². The molecule has 0 fully saturated rings. The van der Waals surface area contributed by atoms with E-state index in [0.717, 1.165) is 0 Å². The number of hydrazine groups is 2. The first-order valence-electron chi connectivity index (χ1n) is 3.16. The fourth-order valence-corrected chi connectivity index (χ4v) is 0.336. The maximum atomic E-state index is 11.5. The predicted molar refractivity (Wildman–Crippen MR) is 35.6 cm³/mol. The highest BCUT2D eigenvalue weighted by molar-refractivity contribution is 5.72. The molecular formula is C4H9F3N4O2. The molecule has 0 atom stereocenters. The molecule has 6 nitrogen and oxygen atoms in total. The third-order valence-electron chi connectivity index (χ3n) is 0.855. The van der Waals surface area contributed by atoms with Crippen LogP contribution in [0.4, 0.5) is 18.0 Å². The van der Waals surface area contributed by atoms with Crippen molar-refractivity contribution in [3.05, 3.63) is 0 Å². The Labute approximate surface area is 71.5 Å². The van der Waals surface area contributed by atoms with E-state index in [9.17, 15) is 18.0 Å². The van der Waals surface area contributed by atoms with E-state index in [0.29, 0.717) is 0 Å². The Hall–Kier alpha value is -1.06. The van der Waals surface area contributed by atoms with Crippen LogP contribution >= 0.6 is 0 Å². The van der Waals surface area contributed by atoms with Crippen LogP contribution in [0.25, 0.3) is 0 Å². The van der Waals surface area contributed by atoms with Crippen LogP contribution in [0.1, 0.15) is 6.42 Å². The number of nitrogens with one attached hydrogen (secondary N) is 3. The van der Waals surface area contributed by atoms with Gasteiger partial charge in [-0.15, -0.1) is 5.59 Å². The monoisotopic (exact) mass is 202 g/mol. The third-order valence-corrected chi connectivity index (χ3v) is 0.855. The van der Waals surface area contributed by atoms with Crippen LogP contribution < -0.4 is 22.3 Å². The normalized spacial score (nSPS) is 11.1. The number of carbonyl (C=O) groups is 1. The predicted octanol–water partition coefficient (Wildman–Crippen LogP) is -0.452. The van der Waals surface area contributed by atoms with E-state index < -0.39 is 25.2 Å². The summed E-state index contributed by atoms with van der Waals surface area (Å²) in [5, 5.41) is 0. The van der Waals surface area contributed by atoms with Gasteiger partial charge in [0.15, 0.2) is 0 Å². The molecular weight excluding hydrogens is 193 g/mol. The largest absolute Gasteiger partial charge is 0.391 e. The Kier molecular flexibility index (Phi) is 5.11. The third kappa shape index (κ3) is 8.85. The zero-order valence-electron chi connectivity index (χ0n) is 6.44. The van der Waals surface area contributed by atoms with Crippen LogP contribution in [0.15, 0.2) is 0 Å². The minimum Gasteiger partial charge on any atom is -0.282 e. The molecule has 0 heterocycles. The second-order valence-electron chi connectivity index (χ2n) is 1.91. The smallest absolute Gasteiger partial charge is 0.282 e.